The van der Waals surface area contributed by atoms with E-state index in [1.165, 1.54) is 0 Å². The number of carbonyl (C=O) groups excluding carboxylic acids is 1. The molecule has 0 aliphatic carbocycles. The highest BCUT2D eigenvalue weighted by Gasteiger charge is 2.12. The number of nitrogens with one attached hydrogen (secondary N) is 2. The highest BCUT2D eigenvalue weighted by Crippen LogP contribution is 2.16. The third-order valence-electron chi connectivity index (χ3n) is 3.29. The molecule has 2 amide bonds. The van der Waals surface area contributed by atoms with Gasteiger partial charge in [-0.3, -0.25) is 0 Å². The van der Waals surface area contributed by atoms with Crippen molar-refractivity contribution in [3.05, 3.63) is 41.9 Å². The van der Waals surface area contributed by atoms with Crippen molar-refractivity contribution in [3.8, 4) is 0 Å². The van der Waals surface area contributed by atoms with Crippen LogP contribution in [0.15, 0.2) is 34.9 Å². The van der Waals surface area contributed by atoms with Crippen molar-refractivity contribution in [2.45, 2.75) is 13.5 Å². The van der Waals surface area contributed by atoms with Gasteiger partial charge in [0.2, 0.25) is 0 Å². The fraction of sp³-hybridized carbons (Fsp3) is 0.214. The van der Waals surface area contributed by atoms with Gasteiger partial charge in [0.05, 0.1) is 12.8 Å². The third-order valence-corrected chi connectivity index (χ3v) is 3.29. The maximum Gasteiger partial charge on any atom is 0.321 e. The maximum atomic E-state index is 12.2. The molecule has 0 bridgehead atoms. The Morgan fingerprint density at radius 2 is 2.14 bits per heavy atom. The monoisotopic (exact) mass is 285 g/mol. The molecule has 7 nitrogen and oxygen atoms in total. The van der Waals surface area contributed by atoms with Gasteiger partial charge in [0.25, 0.3) is 0 Å². The zero-order chi connectivity index (χ0) is 14.8. The van der Waals surface area contributed by atoms with Gasteiger partial charge in [-0.2, -0.15) is 15.4 Å². The van der Waals surface area contributed by atoms with Crippen LogP contribution < -0.4 is 5.32 Å². The van der Waals surface area contributed by atoms with E-state index in [4.69, 9.17) is 4.42 Å². The van der Waals surface area contributed by atoms with Crippen LogP contribution in [-0.2, 0) is 6.54 Å². The van der Waals surface area contributed by atoms with Crippen LogP contribution in [0.1, 0.15) is 11.3 Å². The predicted octanol–water partition coefficient (Wildman–Crippen LogP) is 2.52. The second kappa shape index (κ2) is 5.28. The van der Waals surface area contributed by atoms with Gasteiger partial charge >= 0.3 is 6.03 Å². The van der Waals surface area contributed by atoms with E-state index in [1.807, 2.05) is 13.0 Å². The fourth-order valence-electron chi connectivity index (χ4n) is 2.04. The van der Waals surface area contributed by atoms with Gasteiger partial charge in [-0.05, 0) is 31.2 Å². The van der Waals surface area contributed by atoms with E-state index in [9.17, 15) is 4.79 Å². The molecule has 3 rings (SSSR count). The first-order valence-corrected chi connectivity index (χ1v) is 6.49. The van der Waals surface area contributed by atoms with Crippen molar-refractivity contribution in [1.29, 1.82) is 0 Å². The van der Waals surface area contributed by atoms with Crippen LogP contribution in [0.2, 0.25) is 0 Å². The standard InChI is InChI=1S/C14H15N5O2/c1-9-10(5-6-21-9)8-19(2)14(20)15-11-3-4-12-13(7-11)17-18-16-12/h3-7H,8H2,1-2H3,(H,15,20)(H,16,17,18). The number of furan rings is 1. The summed E-state index contributed by atoms with van der Waals surface area (Å²) < 4.78 is 5.23. The normalized spacial score (nSPS) is 10.8. The molecule has 2 N–H and O–H groups in total. The minimum absolute atomic E-state index is 0.196. The highest BCUT2D eigenvalue weighted by molar-refractivity contribution is 5.91. The van der Waals surface area contributed by atoms with Gasteiger partial charge < -0.3 is 14.6 Å². The van der Waals surface area contributed by atoms with Crippen LogP contribution in [0.3, 0.4) is 0 Å². The number of fused-ring (bicyclic) bond motifs is 1. The lowest BCUT2D eigenvalue weighted by molar-refractivity contribution is 0.220. The van der Waals surface area contributed by atoms with Crippen molar-refractivity contribution in [1.82, 2.24) is 20.3 Å². The average Bonchev–Trinajstić information content (AvgIpc) is 3.07. The van der Waals surface area contributed by atoms with Crippen molar-refractivity contribution >= 4 is 22.8 Å². The van der Waals surface area contributed by atoms with E-state index in [0.29, 0.717) is 17.7 Å². The largest absolute Gasteiger partial charge is 0.469 e. The number of urea groups is 1. The molecule has 0 atom stereocenters. The number of benzene rings is 1. The Labute approximate surface area is 120 Å². The summed E-state index contributed by atoms with van der Waals surface area (Å²) in [5.74, 6) is 0.818. The van der Waals surface area contributed by atoms with Gasteiger partial charge in [0.15, 0.2) is 0 Å². The lowest BCUT2D eigenvalue weighted by Crippen LogP contribution is -2.30. The first-order valence-electron chi connectivity index (χ1n) is 6.49. The zero-order valence-corrected chi connectivity index (χ0v) is 11.8. The number of rotatable bonds is 3. The second-order valence-electron chi connectivity index (χ2n) is 4.82. The van der Waals surface area contributed by atoms with Crippen LogP contribution in [0.25, 0.3) is 11.0 Å². The summed E-state index contributed by atoms with van der Waals surface area (Å²) in [6, 6.07) is 7.03. The number of carbonyl (C=O) groups is 1. The number of aryl methyl sites for hydroxylation is 1. The molecule has 0 radical (unpaired) electrons. The van der Waals surface area contributed by atoms with Crippen LogP contribution in [-0.4, -0.2) is 33.4 Å². The van der Waals surface area contributed by atoms with Gasteiger partial charge in [0.1, 0.15) is 16.8 Å². The number of hydrogen-bond acceptors (Lipinski definition) is 4. The van der Waals surface area contributed by atoms with E-state index in [-0.39, 0.29) is 6.03 Å². The van der Waals surface area contributed by atoms with Gasteiger partial charge in [-0.25, -0.2) is 4.79 Å². The Bertz CT molecular complexity index is 776. The number of nitrogens with zero attached hydrogens (tertiary/aromatic N) is 3. The summed E-state index contributed by atoms with van der Waals surface area (Å²) >= 11 is 0. The number of aromatic amines is 1. The van der Waals surface area contributed by atoms with Crippen LogP contribution in [0, 0.1) is 6.92 Å². The molecule has 0 saturated heterocycles. The summed E-state index contributed by atoms with van der Waals surface area (Å²) in [7, 11) is 1.73. The Morgan fingerprint density at radius 3 is 2.90 bits per heavy atom. The highest BCUT2D eigenvalue weighted by atomic mass is 16.3. The number of H-pyrrole nitrogens is 1. The summed E-state index contributed by atoms with van der Waals surface area (Å²) in [6.07, 6.45) is 1.62. The predicted molar refractivity (Wildman–Crippen MR) is 77.8 cm³/mol. The Morgan fingerprint density at radius 1 is 1.33 bits per heavy atom. The molecule has 0 fully saturated rings. The Hall–Kier alpha value is -2.83. The Balaban J connectivity index is 1.68. The molecule has 3 aromatic rings. The Kier molecular flexibility index (Phi) is 3.31. The van der Waals surface area contributed by atoms with E-state index in [0.717, 1.165) is 16.8 Å². The molecule has 0 saturated carbocycles. The average molecular weight is 285 g/mol. The minimum Gasteiger partial charge on any atom is -0.469 e. The lowest BCUT2D eigenvalue weighted by atomic mass is 10.2. The van der Waals surface area contributed by atoms with Crippen molar-refractivity contribution in [2.75, 3.05) is 12.4 Å². The molecule has 1 aromatic carbocycles. The molecular formula is C14H15N5O2. The minimum atomic E-state index is -0.196. The fourth-order valence-corrected chi connectivity index (χ4v) is 2.04. The van der Waals surface area contributed by atoms with Crippen LogP contribution in [0.4, 0.5) is 10.5 Å². The summed E-state index contributed by atoms with van der Waals surface area (Å²) in [6.45, 7) is 2.36. The van der Waals surface area contributed by atoms with Gasteiger partial charge in [-0.1, -0.05) is 0 Å². The van der Waals surface area contributed by atoms with Gasteiger partial charge in [-0.15, -0.1) is 0 Å². The topological polar surface area (TPSA) is 87.0 Å². The maximum absolute atomic E-state index is 12.2. The number of amides is 2. The molecule has 0 aliphatic heterocycles. The molecular weight excluding hydrogens is 270 g/mol. The van der Waals surface area contributed by atoms with E-state index < -0.39 is 0 Å². The number of aromatic nitrogens is 3. The molecule has 0 unspecified atom stereocenters. The quantitative estimate of drug-likeness (QED) is 0.774. The zero-order valence-electron chi connectivity index (χ0n) is 11.8. The number of hydrogen-bond donors (Lipinski definition) is 2. The van der Waals surface area contributed by atoms with Crippen LogP contribution in [0.5, 0.6) is 0 Å². The lowest BCUT2D eigenvalue weighted by Gasteiger charge is -2.17. The second-order valence-corrected chi connectivity index (χ2v) is 4.82. The first-order chi connectivity index (χ1) is 10.1. The van der Waals surface area contributed by atoms with Crippen molar-refractivity contribution in [3.63, 3.8) is 0 Å². The molecule has 21 heavy (non-hydrogen) atoms. The SMILES string of the molecule is Cc1occc1CN(C)C(=O)Nc1ccc2n[nH]nc2c1. The molecule has 0 spiro atoms. The molecule has 2 heterocycles. The number of anilines is 1. The first kappa shape index (κ1) is 13.2. The summed E-state index contributed by atoms with van der Waals surface area (Å²) in [5, 5.41) is 13.3. The van der Waals surface area contributed by atoms with E-state index in [1.54, 1.807) is 36.4 Å². The van der Waals surface area contributed by atoms with Crippen molar-refractivity contribution in [2.24, 2.45) is 0 Å². The smallest absolute Gasteiger partial charge is 0.321 e. The van der Waals surface area contributed by atoms with E-state index in [2.05, 4.69) is 20.7 Å². The molecule has 7 heteroatoms. The van der Waals surface area contributed by atoms with E-state index >= 15 is 0 Å². The third kappa shape index (κ3) is 2.71. The van der Waals surface area contributed by atoms with Gasteiger partial charge in [0, 0.05) is 18.3 Å². The molecule has 108 valence electrons. The van der Waals surface area contributed by atoms with Crippen molar-refractivity contribution < 1.29 is 9.21 Å². The molecule has 2 aromatic heterocycles. The summed E-state index contributed by atoms with van der Waals surface area (Å²) in [5.41, 5.74) is 3.13. The molecule has 0 aliphatic rings. The van der Waals surface area contributed by atoms with Crippen LogP contribution >= 0.6 is 0 Å². The summed E-state index contributed by atoms with van der Waals surface area (Å²) in [4.78, 5) is 13.8.